The number of aromatic nitrogens is 2. The molecule has 0 saturated heterocycles. The van der Waals surface area contributed by atoms with Gasteiger partial charge in [0, 0.05) is 24.4 Å². The second-order valence-electron chi connectivity index (χ2n) is 3.44. The fourth-order valence-corrected chi connectivity index (χ4v) is 1.84. The first-order chi connectivity index (χ1) is 8.24. The molecular formula is C10H12N4O2S. The molecule has 6 nitrogen and oxygen atoms in total. The molecule has 0 aliphatic carbocycles. The van der Waals surface area contributed by atoms with Crippen LogP contribution in [0, 0.1) is 6.92 Å². The van der Waals surface area contributed by atoms with E-state index in [1.54, 1.807) is 29.8 Å². The van der Waals surface area contributed by atoms with Gasteiger partial charge in [0.05, 0.1) is 16.9 Å². The van der Waals surface area contributed by atoms with Gasteiger partial charge in [-0.05, 0) is 6.92 Å². The van der Waals surface area contributed by atoms with Crippen molar-refractivity contribution < 1.29 is 9.32 Å². The molecule has 2 N–H and O–H groups in total. The molecule has 0 unspecified atom stereocenters. The van der Waals surface area contributed by atoms with Crippen LogP contribution < -0.4 is 10.6 Å². The number of hydrogen-bond acceptors (Lipinski definition) is 5. The number of nitrogens with zero attached hydrogens (tertiary/aromatic N) is 2. The van der Waals surface area contributed by atoms with E-state index in [0.29, 0.717) is 18.8 Å². The molecule has 0 radical (unpaired) electrons. The Bertz CT molecular complexity index is 480. The number of carbonyl (C=O) groups is 1. The maximum Gasteiger partial charge on any atom is 0.321 e. The summed E-state index contributed by atoms with van der Waals surface area (Å²) in [6.07, 6.45) is 0.715. The number of anilines is 1. The number of urea groups is 1. The summed E-state index contributed by atoms with van der Waals surface area (Å²) in [5, 5.41) is 10.9. The average Bonchev–Trinajstić information content (AvgIpc) is 2.90. The van der Waals surface area contributed by atoms with Crippen LogP contribution in [0.2, 0.25) is 0 Å². The molecule has 0 atom stereocenters. The molecule has 2 heterocycles. The van der Waals surface area contributed by atoms with E-state index >= 15 is 0 Å². The topological polar surface area (TPSA) is 80.0 Å². The van der Waals surface area contributed by atoms with Crippen molar-refractivity contribution in [3.63, 3.8) is 0 Å². The molecule has 2 rings (SSSR count). The molecular weight excluding hydrogens is 240 g/mol. The van der Waals surface area contributed by atoms with Gasteiger partial charge >= 0.3 is 6.03 Å². The number of hydrogen-bond donors (Lipinski definition) is 2. The van der Waals surface area contributed by atoms with Gasteiger partial charge in [-0.15, -0.1) is 11.3 Å². The minimum atomic E-state index is -0.309. The number of aryl methyl sites for hydroxylation is 1. The molecule has 0 aromatic carbocycles. The SMILES string of the molecule is Cc1cc(NC(=O)NCCc2cscn2)on1. The van der Waals surface area contributed by atoms with Crippen LogP contribution in [0.4, 0.5) is 10.7 Å². The van der Waals surface area contributed by atoms with Crippen molar-refractivity contribution in [1.82, 2.24) is 15.5 Å². The quantitative estimate of drug-likeness (QED) is 0.869. The van der Waals surface area contributed by atoms with Gasteiger partial charge < -0.3 is 9.84 Å². The zero-order valence-electron chi connectivity index (χ0n) is 9.27. The molecule has 0 saturated carbocycles. The van der Waals surface area contributed by atoms with Crippen LogP contribution >= 0.6 is 11.3 Å². The van der Waals surface area contributed by atoms with Crippen molar-refractivity contribution >= 4 is 23.3 Å². The van der Waals surface area contributed by atoms with E-state index in [-0.39, 0.29) is 6.03 Å². The lowest BCUT2D eigenvalue weighted by atomic mass is 10.3. The Morgan fingerprint density at radius 2 is 2.47 bits per heavy atom. The fraction of sp³-hybridized carbons (Fsp3) is 0.300. The summed E-state index contributed by atoms with van der Waals surface area (Å²) >= 11 is 1.54. The summed E-state index contributed by atoms with van der Waals surface area (Å²) in [6.45, 7) is 2.32. The first kappa shape index (κ1) is 11.6. The lowest BCUT2D eigenvalue weighted by molar-refractivity contribution is 0.251. The normalized spacial score (nSPS) is 10.2. The maximum absolute atomic E-state index is 11.4. The molecule has 0 aliphatic heterocycles. The summed E-state index contributed by atoms with van der Waals surface area (Å²) in [6, 6.07) is 1.34. The monoisotopic (exact) mass is 252 g/mol. The molecule has 7 heteroatoms. The van der Waals surface area contributed by atoms with E-state index < -0.39 is 0 Å². The predicted molar refractivity (Wildman–Crippen MR) is 64.1 cm³/mol. The summed E-state index contributed by atoms with van der Waals surface area (Å²) in [5.41, 5.74) is 3.47. The van der Waals surface area contributed by atoms with Crippen LogP contribution in [0.3, 0.4) is 0 Å². The number of amides is 2. The van der Waals surface area contributed by atoms with Crippen molar-refractivity contribution in [2.45, 2.75) is 13.3 Å². The van der Waals surface area contributed by atoms with Crippen LogP contribution in [0.15, 0.2) is 21.5 Å². The predicted octanol–water partition coefficient (Wildman–Crippen LogP) is 1.80. The molecule has 17 heavy (non-hydrogen) atoms. The molecule has 2 aromatic rings. The van der Waals surface area contributed by atoms with Crippen LogP contribution in [0.25, 0.3) is 0 Å². The van der Waals surface area contributed by atoms with Crippen molar-refractivity contribution in [2.24, 2.45) is 0 Å². The first-order valence-corrected chi connectivity index (χ1v) is 6.03. The Kier molecular flexibility index (Phi) is 3.71. The summed E-state index contributed by atoms with van der Waals surface area (Å²) in [5.74, 6) is 0.341. The molecule has 0 aliphatic rings. The van der Waals surface area contributed by atoms with Gasteiger partial charge in [0.15, 0.2) is 0 Å². The second-order valence-corrected chi connectivity index (χ2v) is 4.16. The smallest absolute Gasteiger partial charge is 0.321 e. The minimum Gasteiger partial charge on any atom is -0.338 e. The Balaban J connectivity index is 1.71. The van der Waals surface area contributed by atoms with E-state index in [1.165, 1.54) is 0 Å². The molecule has 0 fully saturated rings. The van der Waals surface area contributed by atoms with Gasteiger partial charge in [-0.1, -0.05) is 5.16 Å². The summed E-state index contributed by atoms with van der Waals surface area (Å²) in [4.78, 5) is 15.5. The van der Waals surface area contributed by atoms with E-state index in [9.17, 15) is 4.79 Å². The Morgan fingerprint density at radius 1 is 1.59 bits per heavy atom. The van der Waals surface area contributed by atoms with Crippen LogP contribution in [0.5, 0.6) is 0 Å². The summed E-state index contributed by atoms with van der Waals surface area (Å²) in [7, 11) is 0. The standard InChI is InChI=1S/C10H12N4O2S/c1-7-4-9(16-14-7)13-10(15)11-3-2-8-5-17-6-12-8/h4-6H,2-3H2,1H3,(H2,11,13,15). The molecule has 2 aromatic heterocycles. The van der Waals surface area contributed by atoms with Crippen LogP contribution in [-0.2, 0) is 6.42 Å². The lowest BCUT2D eigenvalue weighted by Crippen LogP contribution is -2.30. The van der Waals surface area contributed by atoms with Gasteiger partial charge in [0.1, 0.15) is 0 Å². The second kappa shape index (κ2) is 5.44. The van der Waals surface area contributed by atoms with E-state index in [2.05, 4.69) is 20.8 Å². The van der Waals surface area contributed by atoms with E-state index in [4.69, 9.17) is 4.52 Å². The third kappa shape index (κ3) is 3.56. The Labute approximate surface area is 102 Å². The highest BCUT2D eigenvalue weighted by molar-refractivity contribution is 7.07. The number of rotatable bonds is 4. The van der Waals surface area contributed by atoms with Crippen molar-refractivity contribution in [1.29, 1.82) is 0 Å². The van der Waals surface area contributed by atoms with Crippen molar-refractivity contribution in [3.8, 4) is 0 Å². The first-order valence-electron chi connectivity index (χ1n) is 5.09. The minimum absolute atomic E-state index is 0.309. The lowest BCUT2D eigenvalue weighted by Gasteiger charge is -2.03. The molecule has 2 amide bonds. The zero-order valence-corrected chi connectivity index (χ0v) is 10.1. The van der Waals surface area contributed by atoms with Crippen molar-refractivity contribution in [2.75, 3.05) is 11.9 Å². The maximum atomic E-state index is 11.4. The molecule has 0 spiro atoms. The summed E-state index contributed by atoms with van der Waals surface area (Å²) < 4.78 is 4.85. The fourth-order valence-electron chi connectivity index (χ4n) is 1.24. The average molecular weight is 252 g/mol. The number of thiazole rings is 1. The highest BCUT2D eigenvalue weighted by Gasteiger charge is 2.05. The van der Waals surface area contributed by atoms with Gasteiger partial charge in [0.25, 0.3) is 0 Å². The van der Waals surface area contributed by atoms with Gasteiger partial charge in [0.2, 0.25) is 5.88 Å². The zero-order chi connectivity index (χ0) is 12.1. The molecule has 0 bridgehead atoms. The van der Waals surface area contributed by atoms with Gasteiger partial charge in [-0.2, -0.15) is 0 Å². The number of nitrogens with one attached hydrogen (secondary N) is 2. The van der Waals surface area contributed by atoms with E-state index in [0.717, 1.165) is 11.4 Å². The Morgan fingerprint density at radius 3 is 3.12 bits per heavy atom. The highest BCUT2D eigenvalue weighted by atomic mass is 32.1. The largest absolute Gasteiger partial charge is 0.338 e. The Hall–Kier alpha value is -1.89. The van der Waals surface area contributed by atoms with Gasteiger partial charge in [-0.25, -0.2) is 9.78 Å². The van der Waals surface area contributed by atoms with Crippen LogP contribution in [0.1, 0.15) is 11.4 Å². The number of carbonyl (C=O) groups excluding carboxylic acids is 1. The van der Waals surface area contributed by atoms with E-state index in [1.807, 2.05) is 5.38 Å². The highest BCUT2D eigenvalue weighted by Crippen LogP contribution is 2.07. The van der Waals surface area contributed by atoms with Crippen molar-refractivity contribution in [3.05, 3.63) is 28.3 Å². The third-order valence-electron chi connectivity index (χ3n) is 2.01. The molecule has 90 valence electrons. The van der Waals surface area contributed by atoms with Gasteiger partial charge in [-0.3, -0.25) is 5.32 Å². The third-order valence-corrected chi connectivity index (χ3v) is 2.65. The van der Waals surface area contributed by atoms with Crippen LogP contribution in [-0.4, -0.2) is 22.7 Å².